The molecule has 2 aromatic rings. The second-order valence-corrected chi connectivity index (χ2v) is 6.24. The standard InChI is InChI=1S/C19H23ClN2S/c1-3-22(4-2)19(23)21-18(16-10-6-5-7-11-16)14-15-9-8-12-17(20)13-15/h5-13,18H,3-4,14H2,1-2H3,(H,21,23). The van der Waals surface area contributed by atoms with E-state index in [0.29, 0.717) is 0 Å². The van der Waals surface area contributed by atoms with Crippen molar-refractivity contribution >= 4 is 28.9 Å². The van der Waals surface area contributed by atoms with Crippen molar-refractivity contribution in [3.63, 3.8) is 0 Å². The highest BCUT2D eigenvalue weighted by atomic mass is 35.5. The van der Waals surface area contributed by atoms with Crippen molar-refractivity contribution in [2.75, 3.05) is 13.1 Å². The van der Waals surface area contributed by atoms with Crippen LogP contribution in [0.25, 0.3) is 0 Å². The van der Waals surface area contributed by atoms with E-state index in [1.165, 1.54) is 11.1 Å². The molecule has 4 heteroatoms. The van der Waals surface area contributed by atoms with Crippen LogP contribution in [0.3, 0.4) is 0 Å². The monoisotopic (exact) mass is 346 g/mol. The molecular formula is C19H23ClN2S. The maximum atomic E-state index is 6.12. The van der Waals surface area contributed by atoms with Gasteiger partial charge in [0, 0.05) is 18.1 Å². The summed E-state index contributed by atoms with van der Waals surface area (Å²) in [5.74, 6) is 0. The van der Waals surface area contributed by atoms with Crippen LogP contribution in [0.4, 0.5) is 0 Å². The largest absolute Gasteiger partial charge is 0.355 e. The van der Waals surface area contributed by atoms with E-state index in [4.69, 9.17) is 23.8 Å². The Balaban J connectivity index is 2.20. The quantitative estimate of drug-likeness (QED) is 0.753. The zero-order valence-electron chi connectivity index (χ0n) is 13.6. The average molecular weight is 347 g/mol. The third-order valence-electron chi connectivity index (χ3n) is 3.88. The molecule has 0 heterocycles. The summed E-state index contributed by atoms with van der Waals surface area (Å²) in [6.07, 6.45) is 0.839. The molecule has 0 radical (unpaired) electrons. The van der Waals surface area contributed by atoms with Crippen molar-refractivity contribution in [3.8, 4) is 0 Å². The Hall–Kier alpha value is -1.58. The first kappa shape index (κ1) is 17.8. The van der Waals surface area contributed by atoms with E-state index >= 15 is 0 Å². The van der Waals surface area contributed by atoms with Crippen LogP contribution in [-0.2, 0) is 6.42 Å². The first-order chi connectivity index (χ1) is 11.1. The first-order valence-electron chi connectivity index (χ1n) is 7.98. The van der Waals surface area contributed by atoms with Gasteiger partial charge in [-0.2, -0.15) is 0 Å². The van der Waals surface area contributed by atoms with E-state index in [2.05, 4.69) is 54.4 Å². The third-order valence-corrected chi connectivity index (χ3v) is 4.49. The summed E-state index contributed by atoms with van der Waals surface area (Å²) >= 11 is 11.7. The van der Waals surface area contributed by atoms with Gasteiger partial charge in [-0.1, -0.05) is 54.1 Å². The number of halogens is 1. The molecule has 0 aliphatic rings. The predicted octanol–water partition coefficient (Wildman–Crippen LogP) is 4.84. The van der Waals surface area contributed by atoms with Crippen LogP contribution in [0.15, 0.2) is 54.6 Å². The fourth-order valence-corrected chi connectivity index (χ4v) is 3.20. The van der Waals surface area contributed by atoms with Crippen molar-refractivity contribution in [2.24, 2.45) is 0 Å². The van der Waals surface area contributed by atoms with Gasteiger partial charge in [0.25, 0.3) is 0 Å². The Morgan fingerprint density at radius 2 is 1.78 bits per heavy atom. The van der Waals surface area contributed by atoms with E-state index in [0.717, 1.165) is 29.6 Å². The molecule has 1 unspecified atom stereocenters. The molecule has 0 aliphatic heterocycles. The molecule has 0 fully saturated rings. The molecule has 0 spiro atoms. The van der Waals surface area contributed by atoms with Crippen molar-refractivity contribution in [2.45, 2.75) is 26.3 Å². The van der Waals surface area contributed by atoms with E-state index < -0.39 is 0 Å². The summed E-state index contributed by atoms with van der Waals surface area (Å²) in [5, 5.41) is 5.08. The number of hydrogen-bond acceptors (Lipinski definition) is 1. The minimum absolute atomic E-state index is 0.128. The molecule has 1 atom stereocenters. The van der Waals surface area contributed by atoms with Crippen molar-refractivity contribution in [1.29, 1.82) is 0 Å². The summed E-state index contributed by atoms with van der Waals surface area (Å²) in [4.78, 5) is 2.16. The molecule has 0 saturated heterocycles. The lowest BCUT2D eigenvalue weighted by Gasteiger charge is -2.28. The van der Waals surface area contributed by atoms with Gasteiger partial charge in [0.1, 0.15) is 0 Å². The zero-order valence-corrected chi connectivity index (χ0v) is 15.2. The molecule has 0 aromatic heterocycles. The van der Waals surface area contributed by atoms with Crippen LogP contribution >= 0.6 is 23.8 Å². The molecule has 0 saturated carbocycles. The van der Waals surface area contributed by atoms with Crippen molar-refractivity contribution in [1.82, 2.24) is 10.2 Å². The lowest BCUT2D eigenvalue weighted by atomic mass is 9.99. The molecule has 122 valence electrons. The molecular weight excluding hydrogens is 324 g/mol. The second kappa shape index (κ2) is 8.90. The summed E-state index contributed by atoms with van der Waals surface area (Å²) in [6, 6.07) is 18.5. The summed E-state index contributed by atoms with van der Waals surface area (Å²) in [5.41, 5.74) is 2.42. The summed E-state index contributed by atoms with van der Waals surface area (Å²) < 4.78 is 0. The molecule has 1 N–H and O–H groups in total. The molecule has 2 nitrogen and oxygen atoms in total. The molecule has 2 rings (SSSR count). The highest BCUT2D eigenvalue weighted by molar-refractivity contribution is 7.80. The normalized spacial score (nSPS) is 11.8. The number of rotatable bonds is 6. The maximum Gasteiger partial charge on any atom is 0.169 e. The van der Waals surface area contributed by atoms with Gasteiger partial charge in [0.15, 0.2) is 5.11 Å². The fraction of sp³-hybridized carbons (Fsp3) is 0.316. The van der Waals surface area contributed by atoms with Gasteiger partial charge in [-0.05, 0) is 55.7 Å². The minimum atomic E-state index is 0.128. The average Bonchev–Trinajstić information content (AvgIpc) is 2.56. The highest BCUT2D eigenvalue weighted by Crippen LogP contribution is 2.21. The number of thiocarbonyl (C=S) groups is 1. The van der Waals surface area contributed by atoms with Crippen LogP contribution in [0.5, 0.6) is 0 Å². The number of hydrogen-bond donors (Lipinski definition) is 1. The van der Waals surface area contributed by atoms with E-state index in [1.54, 1.807) is 0 Å². The molecule has 0 amide bonds. The summed E-state index contributed by atoms with van der Waals surface area (Å²) in [6.45, 7) is 6.04. The topological polar surface area (TPSA) is 15.3 Å². The van der Waals surface area contributed by atoms with Gasteiger partial charge in [0.2, 0.25) is 0 Å². The smallest absolute Gasteiger partial charge is 0.169 e. The Bertz CT molecular complexity index is 626. The Morgan fingerprint density at radius 1 is 1.09 bits per heavy atom. The third kappa shape index (κ3) is 5.22. The van der Waals surface area contributed by atoms with E-state index in [1.807, 2.05) is 24.3 Å². The minimum Gasteiger partial charge on any atom is -0.355 e. The SMILES string of the molecule is CCN(CC)C(=S)NC(Cc1cccc(Cl)c1)c1ccccc1. The van der Waals surface area contributed by atoms with Crippen LogP contribution in [0.1, 0.15) is 31.0 Å². The van der Waals surface area contributed by atoms with Crippen molar-refractivity contribution in [3.05, 3.63) is 70.7 Å². The maximum absolute atomic E-state index is 6.12. The summed E-state index contributed by atoms with van der Waals surface area (Å²) in [7, 11) is 0. The van der Waals surface area contributed by atoms with Crippen LogP contribution in [-0.4, -0.2) is 23.1 Å². The molecule has 23 heavy (non-hydrogen) atoms. The highest BCUT2D eigenvalue weighted by Gasteiger charge is 2.16. The van der Waals surface area contributed by atoms with Gasteiger partial charge in [-0.3, -0.25) is 0 Å². The van der Waals surface area contributed by atoms with Gasteiger partial charge in [-0.15, -0.1) is 0 Å². The Kier molecular flexibility index (Phi) is 6.87. The molecule has 0 aliphatic carbocycles. The van der Waals surface area contributed by atoms with E-state index in [9.17, 15) is 0 Å². The van der Waals surface area contributed by atoms with E-state index in [-0.39, 0.29) is 6.04 Å². The second-order valence-electron chi connectivity index (χ2n) is 5.42. The Morgan fingerprint density at radius 3 is 2.39 bits per heavy atom. The van der Waals surface area contributed by atoms with Gasteiger partial charge >= 0.3 is 0 Å². The van der Waals surface area contributed by atoms with Crippen LogP contribution in [0.2, 0.25) is 5.02 Å². The van der Waals surface area contributed by atoms with Crippen molar-refractivity contribution < 1.29 is 0 Å². The number of benzene rings is 2. The van der Waals surface area contributed by atoms with Gasteiger partial charge in [0.05, 0.1) is 6.04 Å². The molecule has 2 aromatic carbocycles. The number of nitrogens with zero attached hydrogens (tertiary/aromatic N) is 1. The van der Waals surface area contributed by atoms with Crippen LogP contribution < -0.4 is 5.32 Å². The van der Waals surface area contributed by atoms with Gasteiger partial charge in [-0.25, -0.2) is 0 Å². The fourth-order valence-electron chi connectivity index (χ4n) is 2.59. The van der Waals surface area contributed by atoms with Gasteiger partial charge < -0.3 is 10.2 Å². The Labute approximate surface area is 149 Å². The van der Waals surface area contributed by atoms with Crippen LogP contribution in [0, 0.1) is 0 Å². The number of nitrogens with one attached hydrogen (secondary N) is 1. The lowest BCUT2D eigenvalue weighted by molar-refractivity contribution is 0.444. The predicted molar refractivity (Wildman–Crippen MR) is 103 cm³/mol. The lowest BCUT2D eigenvalue weighted by Crippen LogP contribution is -2.41. The first-order valence-corrected chi connectivity index (χ1v) is 8.77. The molecule has 0 bridgehead atoms. The zero-order chi connectivity index (χ0) is 16.7.